The molecule has 1 atom stereocenters. The number of aliphatic hydroxyl groups is 1. The number of carbonyl (C=O) groups excluding carboxylic acids is 1. The number of amides is 1. The molecule has 6 nitrogen and oxygen atoms in total. The van der Waals surface area contributed by atoms with Gasteiger partial charge in [0.2, 0.25) is 5.95 Å². The molecule has 7 heteroatoms. The highest BCUT2D eigenvalue weighted by molar-refractivity contribution is 5.92. The Morgan fingerprint density at radius 2 is 2.30 bits per heavy atom. The van der Waals surface area contributed by atoms with Crippen molar-refractivity contribution in [2.45, 2.75) is 12.5 Å². The van der Waals surface area contributed by atoms with Gasteiger partial charge in [0.15, 0.2) is 0 Å². The lowest BCUT2D eigenvalue weighted by Gasteiger charge is -2.22. The summed E-state index contributed by atoms with van der Waals surface area (Å²) in [6.45, 7) is 1.53. The molecular weight excluding hydrogens is 263 g/mol. The molecule has 1 unspecified atom stereocenters. The molecule has 2 aromatic rings. The topological polar surface area (TPSA) is 80.0 Å². The van der Waals surface area contributed by atoms with Crippen LogP contribution in [0.15, 0.2) is 30.6 Å². The molecule has 0 saturated heterocycles. The molecule has 0 radical (unpaired) electrons. The van der Waals surface area contributed by atoms with Gasteiger partial charge in [-0.15, -0.1) is 0 Å². The quantitative estimate of drug-likeness (QED) is 0.802. The van der Waals surface area contributed by atoms with Crippen molar-refractivity contribution in [3.8, 4) is 0 Å². The molecule has 1 amide bonds. The molecule has 0 bridgehead atoms. The van der Waals surface area contributed by atoms with Gasteiger partial charge in [0, 0.05) is 18.8 Å². The van der Waals surface area contributed by atoms with E-state index in [0.29, 0.717) is 5.56 Å². The SMILES string of the molecule is Cn1cc(C(C)(O)CNC(=O)c2cccc(F)n2)cn1. The van der Waals surface area contributed by atoms with Crippen molar-refractivity contribution in [3.63, 3.8) is 0 Å². The first-order valence-electron chi connectivity index (χ1n) is 6.01. The Hall–Kier alpha value is -2.28. The van der Waals surface area contributed by atoms with E-state index in [1.807, 2.05) is 0 Å². The van der Waals surface area contributed by atoms with Crippen molar-refractivity contribution >= 4 is 5.91 Å². The van der Waals surface area contributed by atoms with E-state index in [2.05, 4.69) is 15.4 Å². The van der Waals surface area contributed by atoms with E-state index < -0.39 is 17.5 Å². The predicted molar refractivity (Wildman–Crippen MR) is 69.3 cm³/mol. The molecule has 0 saturated carbocycles. The summed E-state index contributed by atoms with van der Waals surface area (Å²) in [5, 5.41) is 16.8. The number of pyridine rings is 1. The highest BCUT2D eigenvalue weighted by Crippen LogP contribution is 2.18. The molecule has 0 spiro atoms. The molecule has 0 aliphatic heterocycles. The third kappa shape index (κ3) is 3.18. The molecule has 20 heavy (non-hydrogen) atoms. The van der Waals surface area contributed by atoms with Crippen molar-refractivity contribution < 1.29 is 14.3 Å². The summed E-state index contributed by atoms with van der Waals surface area (Å²) >= 11 is 0. The summed E-state index contributed by atoms with van der Waals surface area (Å²) in [6.07, 6.45) is 3.18. The van der Waals surface area contributed by atoms with Crippen molar-refractivity contribution in [2.75, 3.05) is 6.54 Å². The van der Waals surface area contributed by atoms with E-state index >= 15 is 0 Å². The Morgan fingerprint density at radius 3 is 2.90 bits per heavy atom. The normalized spacial score (nSPS) is 13.8. The Balaban J connectivity index is 2.03. The van der Waals surface area contributed by atoms with Crippen LogP contribution in [0.2, 0.25) is 0 Å². The molecule has 0 aliphatic rings. The van der Waals surface area contributed by atoms with Gasteiger partial charge < -0.3 is 10.4 Å². The maximum absolute atomic E-state index is 12.9. The minimum absolute atomic E-state index is 0.0320. The fourth-order valence-corrected chi connectivity index (χ4v) is 1.68. The van der Waals surface area contributed by atoms with E-state index in [1.54, 1.807) is 24.9 Å². The Labute approximate surface area is 115 Å². The van der Waals surface area contributed by atoms with Gasteiger partial charge in [0.1, 0.15) is 11.3 Å². The number of hydrogen-bond acceptors (Lipinski definition) is 4. The number of nitrogens with one attached hydrogen (secondary N) is 1. The molecule has 2 rings (SSSR count). The van der Waals surface area contributed by atoms with Gasteiger partial charge >= 0.3 is 0 Å². The van der Waals surface area contributed by atoms with Gasteiger partial charge in [0.05, 0.1) is 12.7 Å². The minimum atomic E-state index is -1.27. The Bertz CT molecular complexity index is 624. The van der Waals surface area contributed by atoms with Crippen LogP contribution in [0, 0.1) is 5.95 Å². The Morgan fingerprint density at radius 1 is 1.55 bits per heavy atom. The summed E-state index contributed by atoms with van der Waals surface area (Å²) in [5.74, 6) is -1.27. The highest BCUT2D eigenvalue weighted by atomic mass is 19.1. The van der Waals surface area contributed by atoms with Gasteiger partial charge in [-0.05, 0) is 19.1 Å². The van der Waals surface area contributed by atoms with E-state index in [0.717, 1.165) is 6.07 Å². The number of rotatable bonds is 4. The summed E-state index contributed by atoms with van der Waals surface area (Å²) < 4.78 is 14.5. The van der Waals surface area contributed by atoms with Crippen LogP contribution in [-0.2, 0) is 12.6 Å². The minimum Gasteiger partial charge on any atom is -0.383 e. The second kappa shape index (κ2) is 5.38. The van der Waals surface area contributed by atoms with Crippen molar-refractivity contribution in [1.29, 1.82) is 0 Å². The van der Waals surface area contributed by atoms with Crippen LogP contribution in [0.3, 0.4) is 0 Å². The van der Waals surface area contributed by atoms with Crippen LogP contribution >= 0.6 is 0 Å². The number of hydrogen-bond donors (Lipinski definition) is 2. The highest BCUT2D eigenvalue weighted by Gasteiger charge is 2.25. The first kappa shape index (κ1) is 14.1. The van der Waals surface area contributed by atoms with Crippen LogP contribution in [0.25, 0.3) is 0 Å². The predicted octanol–water partition coefficient (Wildman–Crippen LogP) is 0.592. The second-order valence-electron chi connectivity index (χ2n) is 4.70. The zero-order valence-corrected chi connectivity index (χ0v) is 11.2. The summed E-state index contributed by atoms with van der Waals surface area (Å²) in [4.78, 5) is 15.3. The lowest BCUT2D eigenvalue weighted by Crippen LogP contribution is -2.38. The molecule has 0 aliphatic carbocycles. The molecule has 2 aromatic heterocycles. The van der Waals surface area contributed by atoms with Gasteiger partial charge in [-0.1, -0.05) is 6.07 Å². The largest absolute Gasteiger partial charge is 0.383 e. The molecule has 2 N–H and O–H groups in total. The Kier molecular flexibility index (Phi) is 3.80. The first-order valence-corrected chi connectivity index (χ1v) is 6.01. The van der Waals surface area contributed by atoms with Crippen molar-refractivity contribution in [2.24, 2.45) is 7.05 Å². The summed E-state index contributed by atoms with van der Waals surface area (Å²) in [7, 11) is 1.73. The monoisotopic (exact) mass is 278 g/mol. The zero-order chi connectivity index (χ0) is 14.8. The number of carbonyl (C=O) groups is 1. The lowest BCUT2D eigenvalue weighted by atomic mass is 10.00. The third-order valence-corrected chi connectivity index (χ3v) is 2.87. The van der Waals surface area contributed by atoms with Gasteiger partial charge in [0.25, 0.3) is 5.91 Å². The smallest absolute Gasteiger partial charge is 0.270 e. The number of nitrogens with zero attached hydrogens (tertiary/aromatic N) is 3. The average molecular weight is 278 g/mol. The fourth-order valence-electron chi connectivity index (χ4n) is 1.68. The zero-order valence-electron chi connectivity index (χ0n) is 11.2. The molecule has 0 fully saturated rings. The third-order valence-electron chi connectivity index (χ3n) is 2.87. The maximum atomic E-state index is 12.9. The van der Waals surface area contributed by atoms with Crippen LogP contribution in [0.4, 0.5) is 4.39 Å². The van der Waals surface area contributed by atoms with Crippen LogP contribution in [0.1, 0.15) is 23.0 Å². The molecular formula is C13H15FN4O2. The standard InChI is InChI=1S/C13H15FN4O2/c1-13(20,9-6-16-18(2)7-9)8-15-12(19)10-4-3-5-11(14)17-10/h3-7,20H,8H2,1-2H3,(H,15,19). The maximum Gasteiger partial charge on any atom is 0.270 e. The van der Waals surface area contributed by atoms with E-state index in [1.165, 1.54) is 18.3 Å². The van der Waals surface area contributed by atoms with E-state index in [9.17, 15) is 14.3 Å². The second-order valence-corrected chi connectivity index (χ2v) is 4.70. The number of halogens is 1. The summed E-state index contributed by atoms with van der Waals surface area (Å²) in [6, 6.07) is 3.95. The molecule has 2 heterocycles. The van der Waals surface area contributed by atoms with Crippen LogP contribution < -0.4 is 5.32 Å². The van der Waals surface area contributed by atoms with Crippen molar-refractivity contribution in [3.05, 3.63) is 47.8 Å². The van der Waals surface area contributed by atoms with Gasteiger partial charge in [-0.25, -0.2) is 4.98 Å². The van der Waals surface area contributed by atoms with E-state index in [-0.39, 0.29) is 12.2 Å². The number of aryl methyl sites for hydroxylation is 1. The lowest BCUT2D eigenvalue weighted by molar-refractivity contribution is 0.0524. The van der Waals surface area contributed by atoms with Crippen LogP contribution in [-0.4, -0.2) is 32.3 Å². The average Bonchev–Trinajstić information content (AvgIpc) is 2.83. The fraction of sp³-hybridized carbons (Fsp3) is 0.308. The molecule has 0 aromatic carbocycles. The van der Waals surface area contributed by atoms with E-state index in [4.69, 9.17) is 0 Å². The first-order chi connectivity index (χ1) is 9.38. The van der Waals surface area contributed by atoms with Gasteiger partial charge in [-0.2, -0.15) is 9.49 Å². The van der Waals surface area contributed by atoms with Crippen LogP contribution in [0.5, 0.6) is 0 Å². The van der Waals surface area contributed by atoms with Gasteiger partial charge in [-0.3, -0.25) is 9.48 Å². The molecule has 106 valence electrons. The summed E-state index contributed by atoms with van der Waals surface area (Å²) in [5.41, 5.74) is -0.725. The number of aromatic nitrogens is 3. The van der Waals surface area contributed by atoms with Crippen molar-refractivity contribution in [1.82, 2.24) is 20.1 Å².